The van der Waals surface area contributed by atoms with Crippen LogP contribution in [0.5, 0.6) is 0 Å². The highest BCUT2D eigenvalue weighted by atomic mass is 16.3. The highest BCUT2D eigenvalue weighted by Crippen LogP contribution is 2.19. The standard InChI is InChI=1S/C11H17N3O4/c1-6(16)13-4-9(17)10(18)7-2-8(5-15)11(12)14-3-7/h2-3,9-10,15,17-18H,4-5H2,1H3,(H2,12,14)(H,13,16). The van der Waals surface area contributed by atoms with Crippen molar-refractivity contribution in [2.45, 2.75) is 25.7 Å². The fourth-order valence-electron chi connectivity index (χ4n) is 1.41. The third kappa shape index (κ3) is 3.66. The molecule has 0 saturated carbocycles. The summed E-state index contributed by atoms with van der Waals surface area (Å²) in [7, 11) is 0. The summed E-state index contributed by atoms with van der Waals surface area (Å²) in [6, 6.07) is 1.46. The van der Waals surface area contributed by atoms with E-state index in [1.165, 1.54) is 19.2 Å². The van der Waals surface area contributed by atoms with Gasteiger partial charge in [-0.2, -0.15) is 0 Å². The lowest BCUT2D eigenvalue weighted by Crippen LogP contribution is -2.34. The van der Waals surface area contributed by atoms with Crippen LogP contribution in [0.3, 0.4) is 0 Å². The second kappa shape index (κ2) is 6.29. The van der Waals surface area contributed by atoms with Crippen molar-refractivity contribution in [3.8, 4) is 0 Å². The second-order valence-electron chi connectivity index (χ2n) is 3.92. The maximum atomic E-state index is 10.7. The molecule has 0 aromatic carbocycles. The van der Waals surface area contributed by atoms with Gasteiger partial charge in [0.2, 0.25) is 5.91 Å². The largest absolute Gasteiger partial charge is 0.392 e. The monoisotopic (exact) mass is 255 g/mol. The van der Waals surface area contributed by atoms with Crippen LogP contribution in [0.25, 0.3) is 0 Å². The number of rotatable bonds is 5. The normalized spacial score (nSPS) is 14.0. The van der Waals surface area contributed by atoms with Gasteiger partial charge < -0.3 is 26.4 Å². The van der Waals surface area contributed by atoms with Gasteiger partial charge in [0.05, 0.1) is 6.61 Å². The van der Waals surface area contributed by atoms with Gasteiger partial charge >= 0.3 is 0 Å². The minimum absolute atomic E-state index is 0.0741. The number of nitrogens with one attached hydrogen (secondary N) is 1. The predicted molar refractivity (Wildman–Crippen MR) is 64.2 cm³/mol. The summed E-state index contributed by atoms with van der Waals surface area (Å²) in [4.78, 5) is 14.5. The number of amides is 1. The first kappa shape index (κ1) is 14.4. The van der Waals surface area contributed by atoms with E-state index in [-0.39, 0.29) is 24.9 Å². The molecule has 1 amide bonds. The van der Waals surface area contributed by atoms with Gasteiger partial charge in [-0.05, 0) is 6.07 Å². The number of hydrogen-bond acceptors (Lipinski definition) is 6. The quantitative estimate of drug-likeness (QED) is 0.444. The van der Waals surface area contributed by atoms with Crippen LogP contribution >= 0.6 is 0 Å². The number of hydrogen-bond donors (Lipinski definition) is 5. The van der Waals surface area contributed by atoms with E-state index in [0.29, 0.717) is 11.1 Å². The molecule has 7 nitrogen and oxygen atoms in total. The number of aliphatic hydroxyl groups excluding tert-OH is 3. The SMILES string of the molecule is CC(=O)NCC(O)C(O)c1cnc(N)c(CO)c1. The molecule has 0 fully saturated rings. The fourth-order valence-corrected chi connectivity index (χ4v) is 1.41. The van der Waals surface area contributed by atoms with E-state index in [1.54, 1.807) is 0 Å². The number of carbonyl (C=O) groups is 1. The summed E-state index contributed by atoms with van der Waals surface area (Å²) in [5.74, 6) is -0.127. The summed E-state index contributed by atoms with van der Waals surface area (Å²) in [5, 5.41) is 30.9. The van der Waals surface area contributed by atoms with E-state index in [2.05, 4.69) is 10.3 Å². The number of carbonyl (C=O) groups excluding carboxylic acids is 1. The lowest BCUT2D eigenvalue weighted by molar-refractivity contribution is -0.119. The molecule has 1 heterocycles. The molecular weight excluding hydrogens is 238 g/mol. The Morgan fingerprint density at radius 3 is 2.78 bits per heavy atom. The Kier molecular flexibility index (Phi) is 5.02. The molecule has 0 spiro atoms. The van der Waals surface area contributed by atoms with Crippen LogP contribution < -0.4 is 11.1 Å². The Bertz CT molecular complexity index is 425. The van der Waals surface area contributed by atoms with Crippen LogP contribution in [0, 0.1) is 0 Å². The molecule has 7 heteroatoms. The van der Waals surface area contributed by atoms with Gasteiger partial charge in [0.15, 0.2) is 0 Å². The molecule has 0 aliphatic carbocycles. The Hall–Kier alpha value is -1.70. The summed E-state index contributed by atoms with van der Waals surface area (Å²) < 4.78 is 0. The molecule has 0 bridgehead atoms. The van der Waals surface area contributed by atoms with E-state index in [1.807, 2.05) is 0 Å². The first-order chi connectivity index (χ1) is 8.45. The predicted octanol–water partition coefficient (Wildman–Crippen LogP) is -1.31. The number of nitrogen functional groups attached to an aromatic ring is 1. The Balaban J connectivity index is 2.76. The zero-order chi connectivity index (χ0) is 13.7. The van der Waals surface area contributed by atoms with Crippen molar-refractivity contribution in [1.82, 2.24) is 10.3 Å². The number of aromatic nitrogens is 1. The second-order valence-corrected chi connectivity index (χ2v) is 3.92. The Morgan fingerprint density at radius 2 is 2.22 bits per heavy atom. The average Bonchev–Trinajstić information content (AvgIpc) is 2.35. The molecule has 2 unspecified atom stereocenters. The van der Waals surface area contributed by atoms with Gasteiger partial charge in [0.1, 0.15) is 18.0 Å². The van der Waals surface area contributed by atoms with Crippen LogP contribution in [-0.4, -0.2) is 38.9 Å². The van der Waals surface area contributed by atoms with Crippen molar-refractivity contribution in [3.63, 3.8) is 0 Å². The van der Waals surface area contributed by atoms with Gasteiger partial charge in [0, 0.05) is 30.8 Å². The highest BCUT2D eigenvalue weighted by Gasteiger charge is 2.19. The molecule has 0 aliphatic rings. The van der Waals surface area contributed by atoms with E-state index >= 15 is 0 Å². The first-order valence-electron chi connectivity index (χ1n) is 5.41. The fraction of sp³-hybridized carbons (Fsp3) is 0.455. The Morgan fingerprint density at radius 1 is 1.56 bits per heavy atom. The van der Waals surface area contributed by atoms with E-state index in [0.717, 1.165) is 0 Å². The number of nitrogens with two attached hydrogens (primary N) is 1. The minimum Gasteiger partial charge on any atom is -0.392 e. The summed E-state index contributed by atoms with van der Waals surface area (Å²) in [5.41, 5.74) is 6.20. The lowest BCUT2D eigenvalue weighted by Gasteiger charge is -2.18. The molecule has 1 aromatic rings. The van der Waals surface area contributed by atoms with Gasteiger partial charge in [-0.3, -0.25) is 4.79 Å². The first-order valence-corrected chi connectivity index (χ1v) is 5.41. The molecule has 0 aliphatic heterocycles. The number of aliphatic hydroxyl groups is 3. The van der Waals surface area contributed by atoms with Crippen LogP contribution in [-0.2, 0) is 11.4 Å². The van der Waals surface area contributed by atoms with Crippen molar-refractivity contribution in [2.24, 2.45) is 0 Å². The molecule has 100 valence electrons. The molecule has 6 N–H and O–H groups in total. The van der Waals surface area contributed by atoms with Crippen LogP contribution in [0.1, 0.15) is 24.2 Å². The summed E-state index contributed by atoms with van der Waals surface area (Å²) >= 11 is 0. The molecule has 0 saturated heterocycles. The van der Waals surface area contributed by atoms with E-state index in [4.69, 9.17) is 10.8 Å². The van der Waals surface area contributed by atoms with Crippen molar-refractivity contribution in [1.29, 1.82) is 0 Å². The van der Waals surface area contributed by atoms with Gasteiger partial charge in [0.25, 0.3) is 0 Å². The summed E-state index contributed by atoms with van der Waals surface area (Å²) in [6.07, 6.45) is -1.06. The maximum absolute atomic E-state index is 10.7. The molecule has 1 aromatic heterocycles. The van der Waals surface area contributed by atoms with Gasteiger partial charge in [-0.1, -0.05) is 0 Å². The zero-order valence-corrected chi connectivity index (χ0v) is 10.00. The molecular formula is C11H17N3O4. The smallest absolute Gasteiger partial charge is 0.216 e. The van der Waals surface area contributed by atoms with Crippen LogP contribution in [0.2, 0.25) is 0 Å². The molecule has 1 rings (SSSR count). The summed E-state index contributed by atoms with van der Waals surface area (Å²) in [6.45, 7) is 0.935. The third-order valence-corrected chi connectivity index (χ3v) is 2.46. The molecule has 18 heavy (non-hydrogen) atoms. The van der Waals surface area contributed by atoms with Crippen LogP contribution in [0.4, 0.5) is 5.82 Å². The maximum Gasteiger partial charge on any atom is 0.216 e. The molecule has 0 radical (unpaired) electrons. The van der Waals surface area contributed by atoms with E-state index in [9.17, 15) is 15.0 Å². The van der Waals surface area contributed by atoms with Crippen LogP contribution in [0.15, 0.2) is 12.3 Å². The van der Waals surface area contributed by atoms with Crippen molar-refractivity contribution in [2.75, 3.05) is 12.3 Å². The van der Waals surface area contributed by atoms with Crippen molar-refractivity contribution >= 4 is 11.7 Å². The van der Waals surface area contributed by atoms with Gasteiger partial charge in [-0.15, -0.1) is 0 Å². The Labute approximate surface area is 104 Å². The average molecular weight is 255 g/mol. The topological polar surface area (TPSA) is 129 Å². The number of anilines is 1. The number of pyridine rings is 1. The van der Waals surface area contributed by atoms with E-state index < -0.39 is 12.2 Å². The van der Waals surface area contributed by atoms with Crippen molar-refractivity contribution < 1.29 is 20.1 Å². The third-order valence-electron chi connectivity index (χ3n) is 2.46. The molecule has 2 atom stereocenters. The van der Waals surface area contributed by atoms with Gasteiger partial charge in [-0.25, -0.2) is 4.98 Å². The minimum atomic E-state index is -1.21. The van der Waals surface area contributed by atoms with Crippen molar-refractivity contribution in [3.05, 3.63) is 23.4 Å². The highest BCUT2D eigenvalue weighted by molar-refractivity contribution is 5.72. The lowest BCUT2D eigenvalue weighted by atomic mass is 10.0. The zero-order valence-electron chi connectivity index (χ0n) is 10.00. The number of nitrogens with zero attached hydrogens (tertiary/aromatic N) is 1.